The van der Waals surface area contributed by atoms with Crippen molar-refractivity contribution >= 4 is 5.91 Å². The van der Waals surface area contributed by atoms with Crippen LogP contribution in [0, 0.1) is 5.92 Å². The number of hydrogen-bond acceptors (Lipinski definition) is 3. The number of amides is 1. The number of nitrogens with zero attached hydrogens (tertiary/aromatic N) is 2. The zero-order valence-electron chi connectivity index (χ0n) is 11.2. The van der Waals surface area contributed by atoms with E-state index in [1.807, 2.05) is 0 Å². The van der Waals surface area contributed by atoms with Gasteiger partial charge in [0, 0.05) is 32.2 Å². The molecule has 102 valence electrons. The van der Waals surface area contributed by atoms with Gasteiger partial charge < -0.3 is 10.2 Å². The summed E-state index contributed by atoms with van der Waals surface area (Å²) in [6.07, 6.45) is 5.99. The SMILES string of the molecule is O=C(C1CCCNC1)N1CCCN2CCCC2C1. The molecule has 0 aromatic carbocycles. The molecule has 0 spiro atoms. The van der Waals surface area contributed by atoms with E-state index in [1.165, 1.54) is 25.9 Å². The summed E-state index contributed by atoms with van der Waals surface area (Å²) in [6.45, 7) is 6.37. The predicted octanol–water partition coefficient (Wildman–Crippen LogP) is 0.683. The molecule has 3 heterocycles. The van der Waals surface area contributed by atoms with Crippen LogP contribution in [-0.2, 0) is 4.79 Å². The van der Waals surface area contributed by atoms with E-state index in [0.717, 1.165) is 45.4 Å². The molecule has 3 saturated heterocycles. The first-order valence-electron chi connectivity index (χ1n) is 7.58. The van der Waals surface area contributed by atoms with Crippen LogP contribution in [0.3, 0.4) is 0 Å². The van der Waals surface area contributed by atoms with Crippen LogP contribution < -0.4 is 5.32 Å². The second-order valence-corrected chi connectivity index (χ2v) is 6.01. The molecule has 2 atom stereocenters. The van der Waals surface area contributed by atoms with Gasteiger partial charge >= 0.3 is 0 Å². The Bertz CT molecular complexity index is 301. The summed E-state index contributed by atoms with van der Waals surface area (Å²) in [5.41, 5.74) is 0. The Morgan fingerprint density at radius 2 is 1.94 bits per heavy atom. The van der Waals surface area contributed by atoms with Gasteiger partial charge in [-0.2, -0.15) is 0 Å². The molecule has 0 saturated carbocycles. The summed E-state index contributed by atoms with van der Waals surface area (Å²) in [5.74, 6) is 0.655. The van der Waals surface area contributed by atoms with Gasteiger partial charge in [-0.25, -0.2) is 0 Å². The summed E-state index contributed by atoms with van der Waals surface area (Å²) >= 11 is 0. The van der Waals surface area contributed by atoms with Crippen LogP contribution in [0.2, 0.25) is 0 Å². The topological polar surface area (TPSA) is 35.6 Å². The van der Waals surface area contributed by atoms with Crippen molar-refractivity contribution in [2.45, 2.75) is 38.1 Å². The zero-order valence-corrected chi connectivity index (χ0v) is 11.2. The van der Waals surface area contributed by atoms with Gasteiger partial charge in [0.05, 0.1) is 5.92 Å². The number of carbonyl (C=O) groups excluding carboxylic acids is 1. The van der Waals surface area contributed by atoms with Crippen LogP contribution in [0.1, 0.15) is 32.1 Å². The van der Waals surface area contributed by atoms with Gasteiger partial charge in [-0.15, -0.1) is 0 Å². The molecule has 4 heteroatoms. The molecule has 4 nitrogen and oxygen atoms in total. The first-order valence-corrected chi connectivity index (χ1v) is 7.58. The minimum atomic E-state index is 0.242. The van der Waals surface area contributed by atoms with Crippen LogP contribution in [0.25, 0.3) is 0 Å². The molecule has 3 aliphatic heterocycles. The highest BCUT2D eigenvalue weighted by Gasteiger charge is 2.33. The summed E-state index contributed by atoms with van der Waals surface area (Å²) < 4.78 is 0. The normalized spacial score (nSPS) is 34.1. The van der Waals surface area contributed by atoms with E-state index in [1.54, 1.807) is 0 Å². The maximum atomic E-state index is 12.6. The van der Waals surface area contributed by atoms with Crippen LogP contribution in [0.4, 0.5) is 0 Å². The monoisotopic (exact) mass is 251 g/mol. The average molecular weight is 251 g/mol. The maximum absolute atomic E-state index is 12.6. The first kappa shape index (κ1) is 12.4. The second-order valence-electron chi connectivity index (χ2n) is 6.01. The molecule has 0 bridgehead atoms. The Morgan fingerprint density at radius 3 is 2.78 bits per heavy atom. The lowest BCUT2D eigenvalue weighted by Gasteiger charge is -2.30. The van der Waals surface area contributed by atoms with Gasteiger partial charge in [0.1, 0.15) is 0 Å². The fraction of sp³-hybridized carbons (Fsp3) is 0.929. The fourth-order valence-electron chi connectivity index (χ4n) is 3.73. The Kier molecular flexibility index (Phi) is 3.85. The molecule has 2 unspecified atom stereocenters. The number of nitrogens with one attached hydrogen (secondary N) is 1. The lowest BCUT2D eigenvalue weighted by atomic mass is 9.98. The van der Waals surface area contributed by atoms with Crippen molar-refractivity contribution in [1.82, 2.24) is 15.1 Å². The predicted molar refractivity (Wildman–Crippen MR) is 71.4 cm³/mol. The largest absolute Gasteiger partial charge is 0.341 e. The fourth-order valence-corrected chi connectivity index (χ4v) is 3.73. The summed E-state index contributed by atoms with van der Waals surface area (Å²) in [5, 5.41) is 3.36. The molecule has 0 aromatic heterocycles. The maximum Gasteiger partial charge on any atom is 0.227 e. The van der Waals surface area contributed by atoms with E-state index >= 15 is 0 Å². The van der Waals surface area contributed by atoms with E-state index in [-0.39, 0.29) is 5.92 Å². The van der Waals surface area contributed by atoms with Crippen LogP contribution >= 0.6 is 0 Å². The van der Waals surface area contributed by atoms with Crippen molar-refractivity contribution in [3.63, 3.8) is 0 Å². The van der Waals surface area contributed by atoms with Gasteiger partial charge in [0.25, 0.3) is 0 Å². The lowest BCUT2D eigenvalue weighted by molar-refractivity contribution is -0.136. The highest BCUT2D eigenvalue weighted by atomic mass is 16.2. The minimum absolute atomic E-state index is 0.242. The minimum Gasteiger partial charge on any atom is -0.341 e. The number of piperidine rings is 1. The van der Waals surface area contributed by atoms with Crippen molar-refractivity contribution in [2.24, 2.45) is 5.92 Å². The summed E-state index contributed by atoms with van der Waals surface area (Å²) in [6, 6.07) is 0.646. The second kappa shape index (κ2) is 5.57. The van der Waals surface area contributed by atoms with Crippen molar-refractivity contribution < 1.29 is 4.79 Å². The highest BCUT2D eigenvalue weighted by Crippen LogP contribution is 2.23. The van der Waals surface area contributed by atoms with E-state index in [9.17, 15) is 4.79 Å². The third-order valence-electron chi connectivity index (χ3n) is 4.76. The van der Waals surface area contributed by atoms with Crippen molar-refractivity contribution in [3.05, 3.63) is 0 Å². The zero-order chi connectivity index (χ0) is 12.4. The Hall–Kier alpha value is -0.610. The van der Waals surface area contributed by atoms with Gasteiger partial charge in [0.2, 0.25) is 5.91 Å². The molecule has 3 aliphatic rings. The van der Waals surface area contributed by atoms with E-state index in [2.05, 4.69) is 15.1 Å². The summed E-state index contributed by atoms with van der Waals surface area (Å²) in [7, 11) is 0. The molecule has 18 heavy (non-hydrogen) atoms. The number of fused-ring (bicyclic) bond motifs is 1. The molecule has 0 aliphatic carbocycles. The third kappa shape index (κ3) is 2.54. The van der Waals surface area contributed by atoms with Gasteiger partial charge in [-0.3, -0.25) is 9.69 Å². The quantitative estimate of drug-likeness (QED) is 0.744. The van der Waals surface area contributed by atoms with E-state index in [4.69, 9.17) is 0 Å². The smallest absolute Gasteiger partial charge is 0.227 e. The van der Waals surface area contributed by atoms with Crippen LogP contribution in [0.5, 0.6) is 0 Å². The van der Waals surface area contributed by atoms with Crippen LogP contribution in [0.15, 0.2) is 0 Å². The molecule has 1 amide bonds. The molecule has 1 N–H and O–H groups in total. The molecular weight excluding hydrogens is 226 g/mol. The Morgan fingerprint density at radius 1 is 1.06 bits per heavy atom. The molecule has 0 aromatic rings. The Labute approximate surface area is 110 Å². The lowest BCUT2D eigenvalue weighted by Crippen LogP contribution is -2.46. The highest BCUT2D eigenvalue weighted by molar-refractivity contribution is 5.79. The first-order chi connectivity index (χ1) is 8.84. The van der Waals surface area contributed by atoms with Gasteiger partial charge in [-0.05, 0) is 45.2 Å². The van der Waals surface area contributed by atoms with E-state index in [0.29, 0.717) is 11.9 Å². The third-order valence-corrected chi connectivity index (χ3v) is 4.76. The van der Waals surface area contributed by atoms with Crippen molar-refractivity contribution in [2.75, 3.05) is 39.3 Å². The summed E-state index contributed by atoms with van der Waals surface area (Å²) in [4.78, 5) is 17.3. The van der Waals surface area contributed by atoms with Crippen molar-refractivity contribution in [3.8, 4) is 0 Å². The number of carbonyl (C=O) groups is 1. The van der Waals surface area contributed by atoms with Crippen LogP contribution in [-0.4, -0.2) is 61.0 Å². The molecule has 0 radical (unpaired) electrons. The molecule has 3 fully saturated rings. The number of hydrogen-bond donors (Lipinski definition) is 1. The van der Waals surface area contributed by atoms with Gasteiger partial charge in [0.15, 0.2) is 0 Å². The van der Waals surface area contributed by atoms with E-state index < -0.39 is 0 Å². The average Bonchev–Trinajstić information content (AvgIpc) is 2.76. The van der Waals surface area contributed by atoms with Crippen molar-refractivity contribution in [1.29, 1.82) is 0 Å². The Balaban J connectivity index is 1.61. The standard InChI is InChI=1S/C14H25N3O/c18-14(12-4-1-6-15-10-12)17-9-3-8-16-7-2-5-13(16)11-17/h12-13,15H,1-11H2. The molecule has 3 rings (SSSR count). The van der Waals surface area contributed by atoms with Gasteiger partial charge in [-0.1, -0.05) is 0 Å². The number of rotatable bonds is 1. The molecular formula is C14H25N3O.